The fourth-order valence-corrected chi connectivity index (χ4v) is 0.923. The smallest absolute Gasteiger partial charge is 0.312 e. The summed E-state index contributed by atoms with van der Waals surface area (Å²) in [6.45, 7) is 3.55. The van der Waals surface area contributed by atoms with E-state index in [0.29, 0.717) is 5.69 Å². The minimum atomic E-state index is -0.840. The predicted octanol–water partition coefficient (Wildman–Crippen LogP) is 1.58. The van der Waals surface area contributed by atoms with Gasteiger partial charge in [-0.2, -0.15) is 0 Å². The molecule has 1 rings (SSSR count). The van der Waals surface area contributed by atoms with Crippen LogP contribution in [0, 0.1) is 6.92 Å². The Morgan fingerprint density at radius 2 is 2.33 bits per heavy atom. The monoisotopic (exact) mass is 165 g/mol. The summed E-state index contributed by atoms with van der Waals surface area (Å²) in [6, 6.07) is 3.64. The minimum Gasteiger partial charge on any atom is -0.481 e. The average molecular weight is 165 g/mol. The molecule has 1 N–H and O–H groups in total. The molecule has 0 amide bonds. The molecule has 0 bridgehead atoms. The number of aromatic nitrogens is 1. The zero-order chi connectivity index (χ0) is 9.14. The highest BCUT2D eigenvalue weighted by Crippen LogP contribution is 2.12. The van der Waals surface area contributed by atoms with Crippen LogP contribution in [0.1, 0.15) is 24.1 Å². The lowest BCUT2D eigenvalue weighted by Crippen LogP contribution is -2.09. The van der Waals surface area contributed by atoms with E-state index in [1.807, 2.05) is 13.0 Å². The first kappa shape index (κ1) is 8.71. The van der Waals surface area contributed by atoms with E-state index < -0.39 is 11.9 Å². The third-order valence-corrected chi connectivity index (χ3v) is 1.75. The fourth-order valence-electron chi connectivity index (χ4n) is 0.923. The Labute approximate surface area is 71.1 Å². The van der Waals surface area contributed by atoms with E-state index in [1.54, 1.807) is 19.2 Å². The molecule has 3 heteroatoms. The van der Waals surface area contributed by atoms with Crippen molar-refractivity contribution in [3.05, 3.63) is 29.6 Å². The molecule has 1 heterocycles. The predicted molar refractivity (Wildman–Crippen MR) is 45.0 cm³/mol. The molecule has 1 aromatic heterocycles. The van der Waals surface area contributed by atoms with E-state index in [0.717, 1.165) is 5.56 Å². The first-order valence-electron chi connectivity index (χ1n) is 3.76. The number of pyridine rings is 1. The van der Waals surface area contributed by atoms with Gasteiger partial charge in [0.2, 0.25) is 0 Å². The van der Waals surface area contributed by atoms with Crippen molar-refractivity contribution in [1.29, 1.82) is 0 Å². The maximum absolute atomic E-state index is 10.6. The molecule has 64 valence electrons. The van der Waals surface area contributed by atoms with E-state index in [9.17, 15) is 4.79 Å². The summed E-state index contributed by atoms with van der Waals surface area (Å²) in [5.74, 6) is -1.36. The zero-order valence-corrected chi connectivity index (χ0v) is 7.11. The Morgan fingerprint density at radius 3 is 2.83 bits per heavy atom. The van der Waals surface area contributed by atoms with Crippen LogP contribution in [0.3, 0.4) is 0 Å². The van der Waals surface area contributed by atoms with E-state index in [-0.39, 0.29) is 0 Å². The third kappa shape index (κ3) is 1.81. The van der Waals surface area contributed by atoms with Gasteiger partial charge in [0, 0.05) is 6.20 Å². The second-order valence-electron chi connectivity index (χ2n) is 2.82. The van der Waals surface area contributed by atoms with Crippen LogP contribution in [-0.4, -0.2) is 16.1 Å². The van der Waals surface area contributed by atoms with Crippen molar-refractivity contribution in [2.24, 2.45) is 0 Å². The Kier molecular flexibility index (Phi) is 2.43. The van der Waals surface area contributed by atoms with Gasteiger partial charge < -0.3 is 5.11 Å². The molecule has 12 heavy (non-hydrogen) atoms. The van der Waals surface area contributed by atoms with Gasteiger partial charge in [-0.25, -0.2) is 0 Å². The van der Waals surface area contributed by atoms with Crippen molar-refractivity contribution in [2.75, 3.05) is 0 Å². The molecular weight excluding hydrogens is 154 g/mol. The highest BCUT2D eigenvalue weighted by atomic mass is 16.4. The van der Waals surface area contributed by atoms with Crippen LogP contribution in [0.25, 0.3) is 0 Å². The van der Waals surface area contributed by atoms with Gasteiger partial charge in [-0.1, -0.05) is 0 Å². The summed E-state index contributed by atoms with van der Waals surface area (Å²) in [4.78, 5) is 14.6. The molecule has 0 aliphatic carbocycles. The number of rotatable bonds is 2. The Balaban J connectivity index is 2.95. The topological polar surface area (TPSA) is 50.2 Å². The van der Waals surface area contributed by atoms with Crippen molar-refractivity contribution in [2.45, 2.75) is 19.8 Å². The summed E-state index contributed by atoms with van der Waals surface area (Å²) in [5.41, 5.74) is 1.65. The summed E-state index contributed by atoms with van der Waals surface area (Å²) in [7, 11) is 0. The first-order valence-corrected chi connectivity index (χ1v) is 3.76. The summed E-state index contributed by atoms with van der Waals surface area (Å²) in [6.07, 6.45) is 1.63. The average Bonchev–Trinajstić information content (AvgIpc) is 2.03. The SMILES string of the molecule is Cc1ccnc(C(C)C(=O)O)c1. The molecule has 0 saturated carbocycles. The molecular formula is C9H11NO2. The van der Waals surface area contributed by atoms with Crippen LogP contribution in [0.15, 0.2) is 18.3 Å². The number of carbonyl (C=O) groups is 1. The van der Waals surface area contributed by atoms with Crippen LogP contribution < -0.4 is 0 Å². The van der Waals surface area contributed by atoms with Gasteiger partial charge >= 0.3 is 5.97 Å². The maximum Gasteiger partial charge on any atom is 0.312 e. The van der Waals surface area contributed by atoms with Crippen molar-refractivity contribution < 1.29 is 9.90 Å². The summed E-state index contributed by atoms with van der Waals surface area (Å²) < 4.78 is 0. The fraction of sp³-hybridized carbons (Fsp3) is 0.333. The molecule has 0 spiro atoms. The lowest BCUT2D eigenvalue weighted by atomic mass is 10.1. The van der Waals surface area contributed by atoms with Crippen LogP contribution in [0.5, 0.6) is 0 Å². The second kappa shape index (κ2) is 3.34. The van der Waals surface area contributed by atoms with E-state index >= 15 is 0 Å². The van der Waals surface area contributed by atoms with Crippen LogP contribution >= 0.6 is 0 Å². The normalized spacial score (nSPS) is 12.5. The lowest BCUT2D eigenvalue weighted by Gasteiger charge is -2.04. The third-order valence-electron chi connectivity index (χ3n) is 1.75. The molecule has 0 aromatic carbocycles. The molecule has 1 aromatic rings. The zero-order valence-electron chi connectivity index (χ0n) is 7.11. The van der Waals surface area contributed by atoms with Crippen molar-refractivity contribution in [1.82, 2.24) is 4.98 Å². The number of carboxylic acids is 1. The Morgan fingerprint density at radius 1 is 1.67 bits per heavy atom. The minimum absolute atomic E-state index is 0.523. The maximum atomic E-state index is 10.6. The lowest BCUT2D eigenvalue weighted by molar-refractivity contribution is -0.138. The molecule has 1 atom stereocenters. The molecule has 0 radical (unpaired) electrons. The van der Waals surface area contributed by atoms with Crippen LogP contribution in [0.4, 0.5) is 0 Å². The Bertz CT molecular complexity index is 296. The summed E-state index contributed by atoms with van der Waals surface area (Å²) >= 11 is 0. The van der Waals surface area contributed by atoms with Crippen molar-refractivity contribution >= 4 is 5.97 Å². The highest BCUT2D eigenvalue weighted by molar-refractivity contribution is 5.74. The number of carboxylic acid groups (broad SMARTS) is 1. The first-order chi connectivity index (χ1) is 5.61. The molecule has 0 aliphatic heterocycles. The second-order valence-corrected chi connectivity index (χ2v) is 2.82. The largest absolute Gasteiger partial charge is 0.481 e. The quantitative estimate of drug-likeness (QED) is 0.723. The molecule has 1 unspecified atom stereocenters. The van der Waals surface area contributed by atoms with Gasteiger partial charge in [0.1, 0.15) is 0 Å². The van der Waals surface area contributed by atoms with E-state index in [4.69, 9.17) is 5.11 Å². The number of aryl methyl sites for hydroxylation is 1. The number of hydrogen-bond acceptors (Lipinski definition) is 2. The number of nitrogens with zero attached hydrogens (tertiary/aromatic N) is 1. The molecule has 3 nitrogen and oxygen atoms in total. The standard InChI is InChI=1S/C9H11NO2/c1-6-3-4-10-8(5-6)7(2)9(11)12/h3-5,7H,1-2H3,(H,11,12). The van der Waals surface area contributed by atoms with Crippen LogP contribution in [0.2, 0.25) is 0 Å². The highest BCUT2D eigenvalue weighted by Gasteiger charge is 2.14. The summed E-state index contributed by atoms with van der Waals surface area (Å²) in [5, 5.41) is 8.69. The van der Waals surface area contributed by atoms with Gasteiger partial charge in [0.15, 0.2) is 0 Å². The van der Waals surface area contributed by atoms with Gasteiger partial charge in [0.05, 0.1) is 11.6 Å². The van der Waals surface area contributed by atoms with Gasteiger partial charge in [-0.15, -0.1) is 0 Å². The van der Waals surface area contributed by atoms with Gasteiger partial charge in [-0.3, -0.25) is 9.78 Å². The van der Waals surface area contributed by atoms with E-state index in [2.05, 4.69) is 4.98 Å². The Hall–Kier alpha value is -1.38. The molecule has 0 aliphatic rings. The van der Waals surface area contributed by atoms with E-state index in [1.165, 1.54) is 0 Å². The van der Waals surface area contributed by atoms with Gasteiger partial charge in [0.25, 0.3) is 0 Å². The molecule has 0 fully saturated rings. The molecule has 0 saturated heterocycles. The van der Waals surface area contributed by atoms with Crippen molar-refractivity contribution in [3.63, 3.8) is 0 Å². The number of hydrogen-bond donors (Lipinski definition) is 1. The number of aliphatic carboxylic acids is 1. The van der Waals surface area contributed by atoms with Crippen molar-refractivity contribution in [3.8, 4) is 0 Å². The van der Waals surface area contributed by atoms with Crippen LogP contribution in [-0.2, 0) is 4.79 Å². The van der Waals surface area contributed by atoms with Gasteiger partial charge in [-0.05, 0) is 31.5 Å².